The molecule has 0 amide bonds. The Balaban J connectivity index is 2.64. The van der Waals surface area contributed by atoms with E-state index in [1.54, 1.807) is 6.08 Å². The van der Waals surface area contributed by atoms with E-state index >= 15 is 0 Å². The number of rotatable bonds is 5. The second-order valence-corrected chi connectivity index (χ2v) is 6.07. The zero-order chi connectivity index (χ0) is 14.5. The first kappa shape index (κ1) is 16.0. The fourth-order valence-corrected chi connectivity index (χ4v) is 2.65. The average molecular weight is 283 g/mol. The van der Waals surface area contributed by atoms with Crippen LogP contribution in [0.4, 0.5) is 0 Å². The average Bonchev–Trinajstić information content (AvgIpc) is 2.27. The Morgan fingerprint density at radius 2 is 2.32 bits per heavy atom. The summed E-state index contributed by atoms with van der Waals surface area (Å²) in [6.45, 7) is 10.4. The summed E-state index contributed by atoms with van der Waals surface area (Å²) in [5, 5.41) is 0. The van der Waals surface area contributed by atoms with Crippen LogP contribution in [0.2, 0.25) is 0 Å². The maximum atomic E-state index is 11.3. The van der Waals surface area contributed by atoms with E-state index in [0.29, 0.717) is 11.7 Å². The molecule has 0 aromatic heterocycles. The van der Waals surface area contributed by atoms with Gasteiger partial charge in [0.2, 0.25) is 0 Å². The summed E-state index contributed by atoms with van der Waals surface area (Å²) in [5.74, 6) is 0.682. The molecular formula is C16H23ClO2. The van der Waals surface area contributed by atoms with Gasteiger partial charge >= 0.3 is 5.97 Å². The van der Waals surface area contributed by atoms with Gasteiger partial charge in [-0.25, -0.2) is 0 Å². The predicted molar refractivity (Wildman–Crippen MR) is 80.0 cm³/mol. The fourth-order valence-electron chi connectivity index (χ4n) is 2.49. The molecule has 0 aromatic carbocycles. The molecule has 106 valence electrons. The second-order valence-electron chi connectivity index (χ2n) is 5.69. The molecule has 0 heterocycles. The van der Waals surface area contributed by atoms with E-state index in [1.807, 2.05) is 0 Å². The van der Waals surface area contributed by atoms with Crippen molar-refractivity contribution in [3.63, 3.8) is 0 Å². The molecule has 1 unspecified atom stereocenters. The molecule has 1 aliphatic rings. The van der Waals surface area contributed by atoms with Crippen LogP contribution in [0, 0.1) is 11.3 Å². The fraction of sp³-hybridized carbons (Fsp3) is 0.562. The summed E-state index contributed by atoms with van der Waals surface area (Å²) >= 11 is 5.48. The van der Waals surface area contributed by atoms with Crippen molar-refractivity contribution in [2.24, 2.45) is 11.3 Å². The molecule has 0 spiro atoms. The van der Waals surface area contributed by atoms with Gasteiger partial charge in [0.15, 0.2) is 0 Å². The normalized spacial score (nSPS) is 22.1. The maximum Gasteiger partial charge on any atom is 0.312 e. The van der Waals surface area contributed by atoms with Gasteiger partial charge in [0.1, 0.15) is 5.76 Å². The number of alkyl halides is 1. The molecule has 1 rings (SSSR count). The Morgan fingerprint density at radius 1 is 1.63 bits per heavy atom. The van der Waals surface area contributed by atoms with Crippen molar-refractivity contribution < 1.29 is 9.53 Å². The molecule has 0 saturated heterocycles. The lowest BCUT2D eigenvalue weighted by molar-refractivity contribution is -0.138. The topological polar surface area (TPSA) is 26.3 Å². The number of allylic oxidation sites excluding steroid dienone is 4. The number of carbonyl (C=O) groups excluding carboxylic acids is 1. The first-order chi connectivity index (χ1) is 8.86. The second kappa shape index (κ2) is 6.95. The van der Waals surface area contributed by atoms with Crippen molar-refractivity contribution >= 4 is 17.6 Å². The van der Waals surface area contributed by atoms with Gasteiger partial charge < -0.3 is 4.74 Å². The number of hydrogen-bond acceptors (Lipinski definition) is 2. The first-order valence-corrected chi connectivity index (χ1v) is 7.20. The van der Waals surface area contributed by atoms with Crippen molar-refractivity contribution in [1.82, 2.24) is 0 Å². The minimum Gasteiger partial charge on any atom is -0.427 e. The molecule has 3 heteroatoms. The Kier molecular flexibility index (Phi) is 5.86. The van der Waals surface area contributed by atoms with Gasteiger partial charge in [0.05, 0.1) is 6.42 Å². The lowest BCUT2D eigenvalue weighted by atomic mass is 9.68. The lowest BCUT2D eigenvalue weighted by Gasteiger charge is -2.36. The molecule has 0 aromatic rings. The Bertz CT molecular complexity index is 405. The monoisotopic (exact) mass is 282 g/mol. The molecule has 2 nitrogen and oxygen atoms in total. The minimum absolute atomic E-state index is 0.211. The Morgan fingerprint density at radius 3 is 2.89 bits per heavy atom. The van der Waals surface area contributed by atoms with E-state index in [1.165, 1.54) is 5.57 Å². The summed E-state index contributed by atoms with van der Waals surface area (Å²) < 4.78 is 5.06. The number of hydrogen-bond donors (Lipinski definition) is 0. The van der Waals surface area contributed by atoms with Gasteiger partial charge in [-0.3, -0.25) is 4.79 Å². The number of ether oxygens (including phenoxy) is 1. The molecule has 19 heavy (non-hydrogen) atoms. The highest BCUT2D eigenvalue weighted by Gasteiger charge is 2.30. The largest absolute Gasteiger partial charge is 0.427 e. The highest BCUT2D eigenvalue weighted by molar-refractivity contribution is 6.18. The molecule has 0 bridgehead atoms. The number of esters is 1. The highest BCUT2D eigenvalue weighted by atomic mass is 35.5. The third-order valence-electron chi connectivity index (χ3n) is 3.61. The van der Waals surface area contributed by atoms with Crippen molar-refractivity contribution in [2.75, 3.05) is 5.88 Å². The predicted octanol–water partition coefficient (Wildman–Crippen LogP) is 4.61. The molecule has 0 aliphatic heterocycles. The van der Waals surface area contributed by atoms with Gasteiger partial charge in [0, 0.05) is 11.8 Å². The van der Waals surface area contributed by atoms with E-state index in [9.17, 15) is 4.79 Å². The van der Waals surface area contributed by atoms with Gasteiger partial charge in [-0.15, -0.1) is 11.6 Å². The van der Waals surface area contributed by atoms with E-state index in [4.69, 9.17) is 16.3 Å². The lowest BCUT2D eigenvalue weighted by Crippen LogP contribution is -2.26. The number of carbonyl (C=O) groups is 1. The third kappa shape index (κ3) is 4.87. The standard InChI is InChI=1S/C16H23ClO2/c1-12-6-5-10-16(3,4)14(12)8-7-13(2)19-15(18)9-11-17/h6-8,14H,2,5,9-11H2,1,3-4H3/b8-7+. The van der Waals surface area contributed by atoms with Crippen LogP contribution in [0.3, 0.4) is 0 Å². The quantitative estimate of drug-likeness (QED) is 0.242. The van der Waals surface area contributed by atoms with Crippen LogP contribution in [0.25, 0.3) is 0 Å². The van der Waals surface area contributed by atoms with Gasteiger partial charge in [-0.05, 0) is 31.3 Å². The summed E-state index contributed by atoms with van der Waals surface area (Å²) in [4.78, 5) is 11.3. The van der Waals surface area contributed by atoms with E-state index < -0.39 is 0 Å². The van der Waals surface area contributed by atoms with Gasteiger partial charge in [0.25, 0.3) is 0 Å². The molecule has 0 fully saturated rings. The molecule has 1 aliphatic carbocycles. The molecule has 0 radical (unpaired) electrons. The van der Waals surface area contributed by atoms with Crippen LogP contribution < -0.4 is 0 Å². The van der Waals surface area contributed by atoms with Crippen LogP contribution in [-0.2, 0) is 9.53 Å². The van der Waals surface area contributed by atoms with Gasteiger partial charge in [-0.1, -0.05) is 38.2 Å². The Hall–Kier alpha value is -1.02. The summed E-state index contributed by atoms with van der Waals surface area (Å²) in [5.41, 5.74) is 1.60. The first-order valence-electron chi connectivity index (χ1n) is 6.67. The maximum absolute atomic E-state index is 11.3. The minimum atomic E-state index is -0.334. The van der Waals surface area contributed by atoms with Crippen LogP contribution in [-0.4, -0.2) is 11.8 Å². The molecular weight excluding hydrogens is 260 g/mol. The zero-order valence-electron chi connectivity index (χ0n) is 12.0. The zero-order valence-corrected chi connectivity index (χ0v) is 12.8. The van der Waals surface area contributed by atoms with Crippen molar-refractivity contribution in [2.45, 2.75) is 40.0 Å². The third-order valence-corrected chi connectivity index (χ3v) is 3.79. The van der Waals surface area contributed by atoms with Crippen molar-refractivity contribution in [1.29, 1.82) is 0 Å². The van der Waals surface area contributed by atoms with Crippen LogP contribution in [0.1, 0.15) is 40.0 Å². The van der Waals surface area contributed by atoms with Crippen LogP contribution >= 0.6 is 11.6 Å². The van der Waals surface area contributed by atoms with E-state index in [2.05, 4.69) is 39.5 Å². The van der Waals surface area contributed by atoms with Crippen LogP contribution in [0.5, 0.6) is 0 Å². The summed E-state index contributed by atoms with van der Waals surface area (Å²) in [7, 11) is 0. The number of halogens is 1. The summed E-state index contributed by atoms with van der Waals surface area (Å²) in [6.07, 6.45) is 8.67. The van der Waals surface area contributed by atoms with Crippen molar-refractivity contribution in [3.05, 3.63) is 36.1 Å². The molecule has 0 N–H and O–H groups in total. The van der Waals surface area contributed by atoms with Gasteiger partial charge in [-0.2, -0.15) is 0 Å². The van der Waals surface area contributed by atoms with Crippen molar-refractivity contribution in [3.8, 4) is 0 Å². The molecule has 1 atom stereocenters. The van der Waals surface area contributed by atoms with E-state index in [-0.39, 0.29) is 23.7 Å². The SMILES string of the molecule is C=C(/C=C/C1C(C)=CCCC1(C)C)OC(=O)CCCl. The highest BCUT2D eigenvalue weighted by Crippen LogP contribution is 2.41. The Labute approximate surface area is 121 Å². The summed E-state index contributed by atoms with van der Waals surface area (Å²) in [6, 6.07) is 0. The van der Waals surface area contributed by atoms with Crippen LogP contribution in [0.15, 0.2) is 36.1 Å². The van der Waals surface area contributed by atoms with E-state index in [0.717, 1.165) is 12.8 Å². The smallest absolute Gasteiger partial charge is 0.312 e. The molecule has 0 saturated carbocycles.